The van der Waals surface area contributed by atoms with Gasteiger partial charge in [-0.25, -0.2) is 4.39 Å². The smallest absolute Gasteiger partial charge is 0.241 e. The molecule has 0 radical (unpaired) electrons. The Hall–Kier alpha value is -1.42. The molecule has 104 valence electrons. The van der Waals surface area contributed by atoms with Gasteiger partial charge in [-0.15, -0.1) is 0 Å². The number of halogens is 1. The molecule has 2 atom stereocenters. The van der Waals surface area contributed by atoms with Crippen molar-refractivity contribution in [1.82, 2.24) is 4.90 Å². The highest BCUT2D eigenvalue weighted by molar-refractivity contribution is 5.94. The van der Waals surface area contributed by atoms with Gasteiger partial charge in [0.2, 0.25) is 5.91 Å². The van der Waals surface area contributed by atoms with Crippen LogP contribution < -0.4 is 5.32 Å². The summed E-state index contributed by atoms with van der Waals surface area (Å²) in [6.45, 7) is 5.96. The van der Waals surface area contributed by atoms with E-state index in [2.05, 4.69) is 17.1 Å². The molecule has 1 aliphatic rings. The van der Waals surface area contributed by atoms with Crippen molar-refractivity contribution >= 4 is 11.6 Å². The van der Waals surface area contributed by atoms with Crippen molar-refractivity contribution in [3.8, 4) is 0 Å². The van der Waals surface area contributed by atoms with E-state index in [0.717, 1.165) is 19.5 Å². The van der Waals surface area contributed by atoms with Crippen LogP contribution in [-0.2, 0) is 4.79 Å². The number of anilines is 1. The number of piperidine rings is 1. The number of benzene rings is 1. The van der Waals surface area contributed by atoms with E-state index < -0.39 is 5.82 Å². The van der Waals surface area contributed by atoms with E-state index in [9.17, 15) is 9.18 Å². The lowest BCUT2D eigenvalue weighted by Gasteiger charge is -2.34. The van der Waals surface area contributed by atoms with Crippen LogP contribution in [0.2, 0.25) is 0 Å². The second-order valence-corrected chi connectivity index (χ2v) is 5.39. The summed E-state index contributed by atoms with van der Waals surface area (Å²) in [6.07, 6.45) is 2.34. The Morgan fingerprint density at radius 1 is 1.47 bits per heavy atom. The molecule has 2 rings (SSSR count). The number of nitrogens with zero attached hydrogens (tertiary/aromatic N) is 1. The lowest BCUT2D eigenvalue weighted by Crippen LogP contribution is -2.46. The van der Waals surface area contributed by atoms with Gasteiger partial charge in [0.25, 0.3) is 0 Å². The van der Waals surface area contributed by atoms with Crippen LogP contribution >= 0.6 is 0 Å². The maximum Gasteiger partial charge on any atom is 0.241 e. The molecule has 1 N–H and O–H groups in total. The molecule has 4 heteroatoms. The van der Waals surface area contributed by atoms with Gasteiger partial charge in [-0.1, -0.05) is 19.1 Å². The van der Waals surface area contributed by atoms with Crippen molar-refractivity contribution in [1.29, 1.82) is 0 Å². The fourth-order valence-electron chi connectivity index (χ4n) is 2.54. The van der Waals surface area contributed by atoms with Crippen molar-refractivity contribution in [2.45, 2.75) is 32.7 Å². The maximum atomic E-state index is 13.5. The van der Waals surface area contributed by atoms with Gasteiger partial charge < -0.3 is 5.32 Å². The zero-order valence-electron chi connectivity index (χ0n) is 11.5. The van der Waals surface area contributed by atoms with Gasteiger partial charge in [-0.3, -0.25) is 9.69 Å². The Balaban J connectivity index is 1.97. The molecule has 0 unspecified atom stereocenters. The van der Waals surface area contributed by atoms with E-state index in [1.807, 2.05) is 6.92 Å². The van der Waals surface area contributed by atoms with E-state index in [1.165, 1.54) is 12.5 Å². The highest BCUT2D eigenvalue weighted by atomic mass is 19.1. The summed E-state index contributed by atoms with van der Waals surface area (Å²) in [6, 6.07) is 6.04. The summed E-state index contributed by atoms with van der Waals surface area (Å²) in [5, 5.41) is 2.67. The number of carbonyl (C=O) groups excluding carboxylic acids is 1. The highest BCUT2D eigenvalue weighted by Crippen LogP contribution is 2.19. The van der Waals surface area contributed by atoms with Crippen molar-refractivity contribution < 1.29 is 9.18 Å². The largest absolute Gasteiger partial charge is 0.322 e. The van der Waals surface area contributed by atoms with E-state index in [1.54, 1.807) is 18.2 Å². The summed E-state index contributed by atoms with van der Waals surface area (Å²) in [5.41, 5.74) is 0.254. The molecular weight excluding hydrogens is 243 g/mol. The molecule has 0 saturated carbocycles. The Morgan fingerprint density at radius 2 is 2.21 bits per heavy atom. The first-order chi connectivity index (χ1) is 9.08. The number of hydrogen-bond acceptors (Lipinski definition) is 2. The fourth-order valence-corrected chi connectivity index (χ4v) is 2.54. The SMILES string of the molecule is C[C@@H]1CCCN([C@H](C)C(=O)Nc2ccccc2F)C1. The molecule has 1 saturated heterocycles. The lowest BCUT2D eigenvalue weighted by molar-refractivity contribution is -0.121. The van der Waals surface area contributed by atoms with Gasteiger partial charge in [-0.2, -0.15) is 0 Å². The molecule has 3 nitrogen and oxygen atoms in total. The number of amides is 1. The standard InChI is InChI=1S/C15H21FN2O/c1-11-6-5-9-18(10-11)12(2)15(19)17-14-8-4-3-7-13(14)16/h3-4,7-8,11-12H,5-6,9-10H2,1-2H3,(H,17,19)/t11-,12-/m1/s1. The van der Waals surface area contributed by atoms with Gasteiger partial charge in [0, 0.05) is 6.54 Å². The number of hydrogen-bond donors (Lipinski definition) is 1. The minimum atomic E-state index is -0.393. The Bertz CT molecular complexity index is 450. The van der Waals surface area contributed by atoms with E-state index in [4.69, 9.17) is 0 Å². The lowest BCUT2D eigenvalue weighted by atomic mass is 9.99. The van der Waals surface area contributed by atoms with Crippen molar-refractivity contribution in [2.75, 3.05) is 18.4 Å². The first kappa shape index (κ1) is 14.0. The average molecular weight is 264 g/mol. The third-order valence-electron chi connectivity index (χ3n) is 3.75. The third-order valence-corrected chi connectivity index (χ3v) is 3.75. The molecule has 1 fully saturated rings. The first-order valence-electron chi connectivity index (χ1n) is 6.87. The number of para-hydroxylation sites is 1. The molecule has 1 aliphatic heterocycles. The van der Waals surface area contributed by atoms with Crippen molar-refractivity contribution in [3.05, 3.63) is 30.1 Å². The van der Waals surface area contributed by atoms with Crippen LogP contribution in [0.5, 0.6) is 0 Å². The van der Waals surface area contributed by atoms with Crippen LogP contribution in [0.15, 0.2) is 24.3 Å². The average Bonchev–Trinajstić information content (AvgIpc) is 2.40. The molecule has 0 aliphatic carbocycles. The zero-order valence-corrected chi connectivity index (χ0v) is 11.5. The van der Waals surface area contributed by atoms with E-state index in [0.29, 0.717) is 5.92 Å². The van der Waals surface area contributed by atoms with Crippen LogP contribution in [0, 0.1) is 11.7 Å². The number of rotatable bonds is 3. The van der Waals surface area contributed by atoms with Gasteiger partial charge in [0.05, 0.1) is 11.7 Å². The van der Waals surface area contributed by atoms with Crippen LogP contribution in [0.25, 0.3) is 0 Å². The summed E-state index contributed by atoms with van der Waals surface area (Å²) >= 11 is 0. The molecule has 0 bridgehead atoms. The second kappa shape index (κ2) is 6.15. The zero-order chi connectivity index (χ0) is 13.8. The molecule has 0 aromatic heterocycles. The van der Waals surface area contributed by atoms with E-state index in [-0.39, 0.29) is 17.6 Å². The minimum Gasteiger partial charge on any atom is -0.322 e. The Kier molecular flexibility index (Phi) is 4.53. The molecule has 0 spiro atoms. The van der Waals surface area contributed by atoms with Crippen LogP contribution in [0.1, 0.15) is 26.7 Å². The van der Waals surface area contributed by atoms with Crippen LogP contribution in [0.3, 0.4) is 0 Å². The topological polar surface area (TPSA) is 32.3 Å². The van der Waals surface area contributed by atoms with Gasteiger partial charge in [0.1, 0.15) is 5.82 Å². The third kappa shape index (κ3) is 3.53. The van der Waals surface area contributed by atoms with Gasteiger partial charge in [0.15, 0.2) is 0 Å². The summed E-state index contributed by atoms with van der Waals surface area (Å²) in [7, 11) is 0. The predicted octanol–water partition coefficient (Wildman–Crippen LogP) is 2.88. The fraction of sp³-hybridized carbons (Fsp3) is 0.533. The van der Waals surface area contributed by atoms with Crippen LogP contribution in [0.4, 0.5) is 10.1 Å². The molecule has 1 amide bonds. The second-order valence-electron chi connectivity index (χ2n) is 5.39. The Labute approximate surface area is 113 Å². The van der Waals surface area contributed by atoms with E-state index >= 15 is 0 Å². The van der Waals surface area contributed by atoms with Crippen molar-refractivity contribution in [3.63, 3.8) is 0 Å². The molecule has 1 aromatic carbocycles. The monoisotopic (exact) mass is 264 g/mol. The number of nitrogens with one attached hydrogen (secondary N) is 1. The molecule has 19 heavy (non-hydrogen) atoms. The van der Waals surface area contributed by atoms with Crippen molar-refractivity contribution in [2.24, 2.45) is 5.92 Å². The normalized spacial score (nSPS) is 21.9. The maximum absolute atomic E-state index is 13.5. The summed E-state index contributed by atoms with van der Waals surface area (Å²) in [4.78, 5) is 14.3. The molecule has 1 aromatic rings. The Morgan fingerprint density at radius 3 is 2.89 bits per heavy atom. The van der Waals surface area contributed by atoms with Gasteiger partial charge >= 0.3 is 0 Å². The molecular formula is C15H21FN2O. The van der Waals surface area contributed by atoms with Gasteiger partial charge in [-0.05, 0) is 44.4 Å². The summed E-state index contributed by atoms with van der Waals surface area (Å²) < 4.78 is 13.5. The first-order valence-corrected chi connectivity index (χ1v) is 6.87. The predicted molar refractivity (Wildman–Crippen MR) is 74.5 cm³/mol. The quantitative estimate of drug-likeness (QED) is 0.910. The van der Waals surface area contributed by atoms with Crippen LogP contribution in [-0.4, -0.2) is 29.9 Å². The number of likely N-dealkylation sites (tertiary alicyclic amines) is 1. The number of carbonyl (C=O) groups is 1. The minimum absolute atomic E-state index is 0.140. The highest BCUT2D eigenvalue weighted by Gasteiger charge is 2.25. The molecule has 1 heterocycles. The summed E-state index contributed by atoms with van der Waals surface area (Å²) in [5.74, 6) is 0.0896.